The van der Waals surface area contributed by atoms with Crippen LogP contribution in [-0.2, 0) is 5.75 Å². The first-order valence-electron chi connectivity index (χ1n) is 9.26. The van der Waals surface area contributed by atoms with E-state index in [4.69, 9.17) is 13.9 Å². The van der Waals surface area contributed by atoms with Gasteiger partial charge in [-0.2, -0.15) is 0 Å². The van der Waals surface area contributed by atoms with E-state index in [1.54, 1.807) is 25.1 Å². The summed E-state index contributed by atoms with van der Waals surface area (Å²) >= 11 is 1.61. The average Bonchev–Trinajstić information content (AvgIpc) is 3.43. The third kappa shape index (κ3) is 4.30. The molecule has 0 N–H and O–H groups in total. The van der Waals surface area contributed by atoms with Gasteiger partial charge in [0.2, 0.25) is 5.82 Å². The molecule has 0 saturated carbocycles. The van der Waals surface area contributed by atoms with Crippen molar-refractivity contribution in [2.24, 2.45) is 0 Å². The number of aromatic nitrogens is 3. The van der Waals surface area contributed by atoms with E-state index in [1.807, 2.05) is 66.1 Å². The van der Waals surface area contributed by atoms with Crippen molar-refractivity contribution in [2.45, 2.75) is 17.8 Å². The van der Waals surface area contributed by atoms with Gasteiger partial charge in [-0.25, -0.2) is 0 Å². The lowest BCUT2D eigenvalue weighted by atomic mass is 10.2. The molecule has 4 aromatic rings. The van der Waals surface area contributed by atoms with Gasteiger partial charge in [0.05, 0.1) is 25.7 Å². The zero-order chi connectivity index (χ0) is 20.1. The average molecular weight is 407 g/mol. The molecule has 29 heavy (non-hydrogen) atoms. The summed E-state index contributed by atoms with van der Waals surface area (Å²) in [6, 6.07) is 19.6. The normalized spacial score (nSPS) is 10.8. The molecule has 0 aliphatic carbocycles. The molecule has 0 bridgehead atoms. The predicted octanol–water partition coefficient (Wildman–Crippen LogP) is 5.23. The molecule has 2 aromatic heterocycles. The minimum atomic E-state index is 0.630. The van der Waals surface area contributed by atoms with Gasteiger partial charge < -0.3 is 13.9 Å². The lowest BCUT2D eigenvalue weighted by Crippen LogP contribution is -2.00. The Morgan fingerprint density at radius 2 is 1.86 bits per heavy atom. The molecule has 148 valence electrons. The summed E-state index contributed by atoms with van der Waals surface area (Å²) in [6.45, 7) is 2.60. The Labute approximate surface area is 173 Å². The molecule has 0 aliphatic rings. The molecule has 0 amide bonds. The van der Waals surface area contributed by atoms with E-state index >= 15 is 0 Å². The minimum Gasteiger partial charge on any atom is -0.497 e. The fourth-order valence-corrected chi connectivity index (χ4v) is 3.82. The molecule has 0 aliphatic heterocycles. The molecule has 4 rings (SSSR count). The first kappa shape index (κ1) is 19.1. The van der Waals surface area contributed by atoms with Crippen LogP contribution >= 0.6 is 11.8 Å². The van der Waals surface area contributed by atoms with Gasteiger partial charge in [-0.3, -0.25) is 4.57 Å². The van der Waals surface area contributed by atoms with Crippen LogP contribution < -0.4 is 9.47 Å². The molecule has 0 spiro atoms. The Morgan fingerprint density at radius 3 is 2.59 bits per heavy atom. The molecule has 7 heteroatoms. The van der Waals surface area contributed by atoms with Crippen molar-refractivity contribution >= 4 is 11.8 Å². The highest BCUT2D eigenvalue weighted by atomic mass is 32.2. The highest BCUT2D eigenvalue weighted by molar-refractivity contribution is 7.98. The highest BCUT2D eigenvalue weighted by Crippen LogP contribution is 2.31. The van der Waals surface area contributed by atoms with E-state index < -0.39 is 0 Å². The van der Waals surface area contributed by atoms with Crippen LogP contribution in [0.5, 0.6) is 11.5 Å². The van der Waals surface area contributed by atoms with Gasteiger partial charge in [-0.05, 0) is 61.0 Å². The van der Waals surface area contributed by atoms with Crippen LogP contribution in [0.1, 0.15) is 12.5 Å². The van der Waals surface area contributed by atoms with Gasteiger partial charge >= 0.3 is 0 Å². The van der Waals surface area contributed by atoms with E-state index in [0.29, 0.717) is 18.2 Å². The number of benzene rings is 2. The summed E-state index contributed by atoms with van der Waals surface area (Å²) in [5, 5.41) is 9.58. The van der Waals surface area contributed by atoms with Crippen LogP contribution in [0.25, 0.3) is 17.3 Å². The number of ether oxygens (including phenoxy) is 2. The highest BCUT2D eigenvalue weighted by Gasteiger charge is 2.18. The van der Waals surface area contributed by atoms with Gasteiger partial charge in [-0.1, -0.05) is 23.9 Å². The summed E-state index contributed by atoms with van der Waals surface area (Å²) in [5.41, 5.74) is 2.09. The Morgan fingerprint density at radius 1 is 1.00 bits per heavy atom. The van der Waals surface area contributed by atoms with Crippen molar-refractivity contribution in [1.82, 2.24) is 14.8 Å². The Kier molecular flexibility index (Phi) is 5.86. The number of furan rings is 1. The molecule has 2 heterocycles. The summed E-state index contributed by atoms with van der Waals surface area (Å²) in [6.07, 6.45) is 1.63. The van der Waals surface area contributed by atoms with Crippen molar-refractivity contribution < 1.29 is 13.9 Å². The van der Waals surface area contributed by atoms with Crippen LogP contribution in [0.15, 0.2) is 76.5 Å². The molecule has 0 fully saturated rings. The van der Waals surface area contributed by atoms with Crippen LogP contribution in [0.3, 0.4) is 0 Å². The molecule has 0 unspecified atom stereocenters. The third-order valence-corrected chi connectivity index (χ3v) is 5.28. The van der Waals surface area contributed by atoms with Gasteiger partial charge in [0.25, 0.3) is 0 Å². The van der Waals surface area contributed by atoms with E-state index in [-0.39, 0.29) is 0 Å². The van der Waals surface area contributed by atoms with Gasteiger partial charge in [0, 0.05) is 5.75 Å². The molecular formula is C22H21N3O3S. The van der Waals surface area contributed by atoms with Crippen molar-refractivity contribution in [1.29, 1.82) is 0 Å². The van der Waals surface area contributed by atoms with Crippen molar-refractivity contribution in [3.8, 4) is 28.8 Å². The van der Waals surface area contributed by atoms with Crippen molar-refractivity contribution in [3.05, 3.63) is 72.5 Å². The lowest BCUT2D eigenvalue weighted by Gasteiger charge is -2.11. The Balaban J connectivity index is 1.66. The second-order valence-electron chi connectivity index (χ2n) is 6.19. The number of rotatable bonds is 8. The molecule has 0 saturated heterocycles. The summed E-state index contributed by atoms with van der Waals surface area (Å²) in [7, 11) is 1.67. The maximum Gasteiger partial charge on any atom is 0.205 e. The van der Waals surface area contributed by atoms with Crippen LogP contribution in [0.2, 0.25) is 0 Å². The van der Waals surface area contributed by atoms with Crippen LogP contribution in [0, 0.1) is 0 Å². The molecule has 6 nitrogen and oxygen atoms in total. The molecular weight excluding hydrogens is 386 g/mol. The number of methoxy groups -OCH3 is 1. The topological polar surface area (TPSA) is 62.3 Å². The minimum absolute atomic E-state index is 0.630. The first-order chi connectivity index (χ1) is 14.3. The fraction of sp³-hybridized carbons (Fsp3) is 0.182. The zero-order valence-corrected chi connectivity index (χ0v) is 17.1. The number of thioether (sulfide) groups is 1. The van der Waals surface area contributed by atoms with Crippen LogP contribution in [0.4, 0.5) is 0 Å². The second kappa shape index (κ2) is 8.87. The van der Waals surface area contributed by atoms with Crippen LogP contribution in [-0.4, -0.2) is 28.5 Å². The van der Waals surface area contributed by atoms with E-state index in [1.165, 1.54) is 0 Å². The Bertz CT molecular complexity index is 1060. The first-order valence-corrected chi connectivity index (χ1v) is 10.3. The van der Waals surface area contributed by atoms with Gasteiger partial charge in [0.15, 0.2) is 10.9 Å². The lowest BCUT2D eigenvalue weighted by molar-refractivity contribution is 0.340. The largest absolute Gasteiger partial charge is 0.497 e. The van der Waals surface area contributed by atoms with E-state index in [9.17, 15) is 0 Å². The standard InChI is InChI=1S/C22H21N3O3S/c1-3-27-18-11-9-17(10-12-18)25-21(20-8-5-13-28-20)23-24-22(25)29-15-16-6-4-7-19(14-16)26-2/h4-14H,3,15H2,1-2H3. The quantitative estimate of drug-likeness (QED) is 0.373. The monoisotopic (exact) mass is 407 g/mol. The molecule has 0 atom stereocenters. The predicted molar refractivity (Wildman–Crippen MR) is 113 cm³/mol. The van der Waals surface area contributed by atoms with E-state index in [0.717, 1.165) is 33.7 Å². The Hall–Kier alpha value is -3.19. The second-order valence-corrected chi connectivity index (χ2v) is 7.13. The summed E-state index contributed by atoms with van der Waals surface area (Å²) in [5.74, 6) is 3.73. The smallest absolute Gasteiger partial charge is 0.205 e. The fourth-order valence-electron chi connectivity index (χ4n) is 2.93. The summed E-state index contributed by atoms with van der Waals surface area (Å²) < 4.78 is 18.5. The van der Waals surface area contributed by atoms with Gasteiger partial charge in [-0.15, -0.1) is 10.2 Å². The maximum atomic E-state index is 5.58. The maximum absolute atomic E-state index is 5.58. The third-order valence-electron chi connectivity index (χ3n) is 4.28. The molecule has 2 aromatic carbocycles. The van der Waals surface area contributed by atoms with Crippen molar-refractivity contribution in [2.75, 3.05) is 13.7 Å². The number of hydrogen-bond donors (Lipinski definition) is 0. The SMILES string of the molecule is CCOc1ccc(-n2c(SCc3cccc(OC)c3)nnc2-c2ccco2)cc1. The van der Waals surface area contributed by atoms with Gasteiger partial charge in [0.1, 0.15) is 11.5 Å². The molecule has 0 radical (unpaired) electrons. The summed E-state index contributed by atoms with van der Waals surface area (Å²) in [4.78, 5) is 0. The van der Waals surface area contributed by atoms with E-state index in [2.05, 4.69) is 16.3 Å². The number of hydrogen-bond acceptors (Lipinski definition) is 6. The number of nitrogens with zero attached hydrogens (tertiary/aromatic N) is 3. The zero-order valence-electron chi connectivity index (χ0n) is 16.2. The van der Waals surface area contributed by atoms with Crippen molar-refractivity contribution in [3.63, 3.8) is 0 Å².